The van der Waals surface area contributed by atoms with E-state index in [9.17, 15) is 0 Å². The lowest BCUT2D eigenvalue weighted by Crippen LogP contribution is -2.49. The normalized spacial score (nSPS) is 13.2. The minimum atomic E-state index is -0.741. The molecule has 1 rings (SSSR count). The second-order valence-electron chi connectivity index (χ2n) is 8.89. The second kappa shape index (κ2) is 17.0. The molecule has 186 valence electrons. The number of rotatable bonds is 20. The van der Waals surface area contributed by atoms with Crippen molar-refractivity contribution in [2.75, 3.05) is 26.4 Å². The fourth-order valence-corrected chi connectivity index (χ4v) is 8.30. The average Bonchev–Trinajstić information content (AvgIpc) is 2.80. The molecule has 32 heavy (non-hydrogen) atoms. The van der Waals surface area contributed by atoms with Crippen LogP contribution < -0.4 is 10.4 Å². The Bertz CT molecular complexity index is 513. The van der Waals surface area contributed by atoms with Crippen molar-refractivity contribution in [1.29, 1.82) is 0 Å². The van der Waals surface area contributed by atoms with Gasteiger partial charge in [0.1, 0.15) is 29.9 Å². The number of ether oxygens (including phenoxy) is 4. The van der Waals surface area contributed by atoms with Gasteiger partial charge in [-0.2, -0.15) is 0 Å². The lowest BCUT2D eigenvalue weighted by Gasteiger charge is -2.35. The maximum Gasteiger partial charge on any atom is 0.149 e. The van der Waals surface area contributed by atoms with Crippen molar-refractivity contribution in [3.63, 3.8) is 0 Å². The zero-order valence-corrected chi connectivity index (χ0v) is 24.7. The molecule has 1 aromatic carbocycles. The molecule has 0 radical (unpaired) electrons. The number of benzene rings is 1. The van der Waals surface area contributed by atoms with E-state index < -0.39 is 19.0 Å². The van der Waals surface area contributed by atoms with Gasteiger partial charge in [-0.05, 0) is 38.5 Å². The van der Waals surface area contributed by atoms with Crippen LogP contribution in [0.25, 0.3) is 0 Å². The van der Waals surface area contributed by atoms with Crippen LogP contribution in [0.1, 0.15) is 92.9 Å². The van der Waals surface area contributed by atoms with Crippen molar-refractivity contribution in [3.8, 4) is 0 Å². The Labute approximate surface area is 202 Å². The van der Waals surface area contributed by atoms with Crippen molar-refractivity contribution in [3.05, 3.63) is 24.3 Å². The molecule has 0 N–H and O–H groups in total. The molecule has 0 aliphatic carbocycles. The molecule has 1 aromatic rings. The van der Waals surface area contributed by atoms with E-state index in [0.717, 1.165) is 77.8 Å². The van der Waals surface area contributed by atoms with E-state index >= 15 is 0 Å². The lowest BCUT2D eigenvalue weighted by molar-refractivity contribution is -0.184. The first-order valence-electron chi connectivity index (χ1n) is 13.2. The van der Waals surface area contributed by atoms with Gasteiger partial charge in [-0.3, -0.25) is 0 Å². The van der Waals surface area contributed by atoms with Crippen molar-refractivity contribution < 1.29 is 18.9 Å². The van der Waals surface area contributed by atoms with Crippen LogP contribution in [-0.2, 0) is 18.9 Å². The molecule has 0 fully saturated rings. The minimum Gasteiger partial charge on any atom is -0.354 e. The maximum absolute atomic E-state index is 6.36. The van der Waals surface area contributed by atoms with E-state index in [2.05, 4.69) is 65.8 Å². The highest BCUT2D eigenvalue weighted by Crippen LogP contribution is 2.21. The predicted molar refractivity (Wildman–Crippen MR) is 143 cm³/mol. The van der Waals surface area contributed by atoms with Gasteiger partial charge >= 0.3 is 0 Å². The highest BCUT2D eigenvalue weighted by molar-refractivity contribution is 6.58. The first kappa shape index (κ1) is 29.5. The quantitative estimate of drug-likeness (QED) is 0.209. The summed E-state index contributed by atoms with van der Waals surface area (Å²) in [5, 5.41) is 2.82. The van der Waals surface area contributed by atoms with E-state index in [1.165, 1.54) is 10.4 Å². The summed E-state index contributed by atoms with van der Waals surface area (Å²) in [4.78, 5) is 0. The first-order chi connectivity index (χ1) is 15.5. The summed E-state index contributed by atoms with van der Waals surface area (Å²) < 4.78 is 25.5. The average molecular weight is 483 g/mol. The zero-order valence-electron chi connectivity index (χ0n) is 21.8. The Morgan fingerprint density at radius 2 is 0.781 bits per heavy atom. The fraction of sp³-hybridized carbons (Fsp3) is 0.769. The Balaban J connectivity index is 3.01. The topological polar surface area (TPSA) is 36.9 Å². The second-order valence-corrected chi connectivity index (χ2v) is 13.4. The molecule has 0 bridgehead atoms. The SMILES string of the molecule is CCCOC(CCC)(OCCC)[SiH2]c1ccc([SiH2]C(CCC)(OCCC)OCCC)cc1. The van der Waals surface area contributed by atoms with Crippen molar-refractivity contribution in [2.45, 2.75) is 104 Å². The van der Waals surface area contributed by atoms with Crippen molar-refractivity contribution in [1.82, 2.24) is 0 Å². The Morgan fingerprint density at radius 1 is 0.500 bits per heavy atom. The molecule has 4 nitrogen and oxygen atoms in total. The number of hydrogen-bond acceptors (Lipinski definition) is 4. The van der Waals surface area contributed by atoms with Crippen molar-refractivity contribution >= 4 is 29.4 Å². The van der Waals surface area contributed by atoms with Crippen LogP contribution in [-0.4, -0.2) is 56.3 Å². The van der Waals surface area contributed by atoms with Gasteiger partial charge in [0.05, 0.1) is 0 Å². The summed E-state index contributed by atoms with van der Waals surface area (Å²) in [5.74, 6) is 0. The molecule has 0 amide bonds. The summed E-state index contributed by atoms with van der Waals surface area (Å²) in [6.07, 6.45) is 8.20. The largest absolute Gasteiger partial charge is 0.354 e. The summed E-state index contributed by atoms with van der Waals surface area (Å²) in [5.41, 5.74) is -0.750. The van der Waals surface area contributed by atoms with Crippen LogP contribution in [0.15, 0.2) is 24.3 Å². The number of hydrogen-bond donors (Lipinski definition) is 0. The standard InChI is InChI=1S/C26H50O4Si2/c1-7-17-25(27-19-9-3,28-20-10-4)31-23-13-15-24(16-14-23)32-26(18-8-2,29-21-11-5)30-22-12-6/h13-16H,7-12,17-22,31-32H2,1-6H3. The molecule has 6 heteroatoms. The van der Waals surface area contributed by atoms with Gasteiger partial charge in [0.15, 0.2) is 0 Å². The van der Waals surface area contributed by atoms with E-state index in [0.29, 0.717) is 0 Å². The van der Waals surface area contributed by atoms with Gasteiger partial charge in [0.25, 0.3) is 0 Å². The molecule has 0 saturated carbocycles. The van der Waals surface area contributed by atoms with Gasteiger partial charge in [-0.15, -0.1) is 0 Å². The smallest absolute Gasteiger partial charge is 0.149 e. The summed E-state index contributed by atoms with van der Waals surface area (Å²) in [6.45, 7) is 16.2. The molecule has 0 spiro atoms. The van der Waals surface area contributed by atoms with Gasteiger partial charge in [-0.1, -0.05) is 89.0 Å². The molecule has 0 heterocycles. The van der Waals surface area contributed by atoms with Gasteiger partial charge in [-0.25, -0.2) is 0 Å². The van der Waals surface area contributed by atoms with Crippen LogP contribution in [0, 0.1) is 0 Å². The van der Waals surface area contributed by atoms with Crippen LogP contribution in [0.2, 0.25) is 0 Å². The first-order valence-corrected chi connectivity index (χ1v) is 16.0. The zero-order chi connectivity index (χ0) is 23.7. The summed E-state index contributed by atoms with van der Waals surface area (Å²) in [7, 11) is -1.48. The molecule has 0 saturated heterocycles. The molecular formula is C26H50O4Si2. The van der Waals surface area contributed by atoms with E-state index in [-0.39, 0.29) is 10.8 Å². The van der Waals surface area contributed by atoms with Crippen LogP contribution in [0.4, 0.5) is 0 Å². The Hall–Kier alpha value is -0.506. The van der Waals surface area contributed by atoms with Crippen LogP contribution >= 0.6 is 0 Å². The Morgan fingerprint density at radius 3 is 1.00 bits per heavy atom. The summed E-state index contributed by atoms with van der Waals surface area (Å²) in [6, 6.07) is 9.28. The van der Waals surface area contributed by atoms with Crippen LogP contribution in [0.5, 0.6) is 0 Å². The highest BCUT2D eigenvalue weighted by atomic mass is 28.2. The fourth-order valence-electron chi connectivity index (χ4n) is 4.06. The maximum atomic E-state index is 6.36. The van der Waals surface area contributed by atoms with Gasteiger partial charge in [0.2, 0.25) is 0 Å². The van der Waals surface area contributed by atoms with Crippen LogP contribution in [0.3, 0.4) is 0 Å². The third-order valence-corrected chi connectivity index (χ3v) is 9.87. The molecular weight excluding hydrogens is 432 g/mol. The molecule has 0 aliphatic rings. The highest BCUT2D eigenvalue weighted by Gasteiger charge is 2.33. The monoisotopic (exact) mass is 482 g/mol. The molecule has 0 unspecified atom stereocenters. The molecule has 0 atom stereocenters. The van der Waals surface area contributed by atoms with E-state index in [1.54, 1.807) is 0 Å². The van der Waals surface area contributed by atoms with Gasteiger partial charge < -0.3 is 18.9 Å². The van der Waals surface area contributed by atoms with Gasteiger partial charge in [0, 0.05) is 26.4 Å². The third kappa shape index (κ3) is 10.6. The molecule has 0 aromatic heterocycles. The summed E-state index contributed by atoms with van der Waals surface area (Å²) >= 11 is 0. The minimum absolute atomic E-state index is 0.375. The lowest BCUT2D eigenvalue weighted by atomic mass is 10.3. The van der Waals surface area contributed by atoms with E-state index in [4.69, 9.17) is 18.9 Å². The third-order valence-electron chi connectivity index (χ3n) is 5.51. The molecule has 0 aliphatic heterocycles. The van der Waals surface area contributed by atoms with Crippen molar-refractivity contribution in [2.24, 2.45) is 0 Å². The predicted octanol–water partition coefficient (Wildman–Crippen LogP) is 3.89. The Kier molecular flexibility index (Phi) is 15.7. The van der Waals surface area contributed by atoms with E-state index in [1.807, 2.05) is 0 Å².